The predicted molar refractivity (Wildman–Crippen MR) is 78.6 cm³/mol. The lowest BCUT2D eigenvalue weighted by Crippen LogP contribution is -2.23. The van der Waals surface area contributed by atoms with Crippen molar-refractivity contribution in [1.29, 1.82) is 0 Å². The quantitative estimate of drug-likeness (QED) is 0.657. The van der Waals surface area contributed by atoms with Crippen LogP contribution in [0.1, 0.15) is 25.1 Å². The van der Waals surface area contributed by atoms with Crippen molar-refractivity contribution >= 4 is 5.69 Å². The van der Waals surface area contributed by atoms with Crippen LogP contribution in [0.4, 0.5) is 10.1 Å². The summed E-state index contributed by atoms with van der Waals surface area (Å²) in [5, 5.41) is 14.1. The molecule has 2 rings (SSSR count). The first kappa shape index (κ1) is 15.2. The molecular formula is C15H18FN3O2. The topological polar surface area (TPSA) is 60.1 Å². The molecule has 0 radical (unpaired) electrons. The molecule has 1 heterocycles. The van der Waals surface area contributed by atoms with Gasteiger partial charge in [-0.2, -0.15) is 4.39 Å². The zero-order chi connectivity index (χ0) is 15.4. The molecular weight excluding hydrogens is 273 g/mol. The van der Waals surface area contributed by atoms with E-state index in [2.05, 4.69) is 5.32 Å². The van der Waals surface area contributed by atoms with Crippen LogP contribution in [-0.2, 0) is 13.1 Å². The third-order valence-electron chi connectivity index (χ3n) is 3.21. The van der Waals surface area contributed by atoms with E-state index in [0.717, 1.165) is 5.69 Å². The van der Waals surface area contributed by atoms with E-state index < -0.39 is 16.4 Å². The number of hydrogen-bond acceptors (Lipinski definition) is 3. The molecule has 6 heteroatoms. The van der Waals surface area contributed by atoms with Crippen molar-refractivity contribution in [3.63, 3.8) is 0 Å². The van der Waals surface area contributed by atoms with Crippen LogP contribution in [0.15, 0.2) is 36.5 Å². The van der Waals surface area contributed by atoms with E-state index in [1.165, 1.54) is 12.1 Å². The first-order valence-electron chi connectivity index (χ1n) is 6.78. The van der Waals surface area contributed by atoms with Gasteiger partial charge in [0, 0.05) is 36.1 Å². The molecule has 0 atom stereocenters. The number of nitrogens with zero attached hydrogens (tertiary/aromatic N) is 2. The molecule has 0 aliphatic rings. The van der Waals surface area contributed by atoms with Crippen LogP contribution in [0.5, 0.6) is 0 Å². The molecule has 0 saturated heterocycles. The molecule has 0 amide bonds. The van der Waals surface area contributed by atoms with E-state index in [0.29, 0.717) is 18.2 Å². The summed E-state index contributed by atoms with van der Waals surface area (Å²) in [5.41, 5.74) is 0.835. The summed E-state index contributed by atoms with van der Waals surface area (Å²) < 4.78 is 16.0. The monoisotopic (exact) mass is 291 g/mol. The molecule has 0 aliphatic carbocycles. The summed E-state index contributed by atoms with van der Waals surface area (Å²) in [5.74, 6) is -0.765. The molecule has 21 heavy (non-hydrogen) atoms. The smallest absolute Gasteiger partial charge is 0.305 e. The maximum atomic E-state index is 14.1. The minimum atomic E-state index is -0.765. The highest BCUT2D eigenvalue weighted by Crippen LogP contribution is 2.21. The van der Waals surface area contributed by atoms with Gasteiger partial charge in [-0.15, -0.1) is 0 Å². The summed E-state index contributed by atoms with van der Waals surface area (Å²) in [6, 6.07) is 8.43. The van der Waals surface area contributed by atoms with E-state index in [9.17, 15) is 14.5 Å². The maximum Gasteiger partial charge on any atom is 0.305 e. The highest BCUT2D eigenvalue weighted by atomic mass is 19.1. The van der Waals surface area contributed by atoms with E-state index in [1.807, 2.05) is 36.7 Å². The Bertz CT molecular complexity index is 638. The van der Waals surface area contributed by atoms with Gasteiger partial charge < -0.3 is 9.88 Å². The standard InChI is InChI=1S/C15H18FN3O2/c1-11(2)17-9-13-6-4-8-18(13)10-12-5-3-7-14(15(12)16)19(20)21/h3-8,11,17H,9-10H2,1-2H3. The molecule has 0 saturated carbocycles. The van der Waals surface area contributed by atoms with Crippen molar-refractivity contribution in [2.75, 3.05) is 0 Å². The van der Waals surface area contributed by atoms with E-state index >= 15 is 0 Å². The molecule has 2 aromatic rings. The third kappa shape index (κ3) is 3.66. The Morgan fingerprint density at radius 3 is 2.76 bits per heavy atom. The van der Waals surface area contributed by atoms with Gasteiger partial charge in [0.15, 0.2) is 0 Å². The van der Waals surface area contributed by atoms with Crippen molar-refractivity contribution in [2.45, 2.75) is 33.0 Å². The highest BCUT2D eigenvalue weighted by Gasteiger charge is 2.17. The summed E-state index contributed by atoms with van der Waals surface area (Å²) in [4.78, 5) is 10.1. The molecule has 0 fully saturated rings. The molecule has 0 bridgehead atoms. The fourth-order valence-electron chi connectivity index (χ4n) is 2.09. The lowest BCUT2D eigenvalue weighted by atomic mass is 10.2. The number of nitro benzene ring substituents is 1. The van der Waals surface area contributed by atoms with Gasteiger partial charge in [0.1, 0.15) is 0 Å². The van der Waals surface area contributed by atoms with Crippen molar-refractivity contribution in [2.24, 2.45) is 0 Å². The summed E-state index contributed by atoms with van der Waals surface area (Å²) >= 11 is 0. The van der Waals surface area contributed by atoms with Crippen LogP contribution in [0, 0.1) is 15.9 Å². The number of nitrogens with one attached hydrogen (secondary N) is 1. The van der Waals surface area contributed by atoms with Gasteiger partial charge >= 0.3 is 5.69 Å². The summed E-state index contributed by atoms with van der Waals surface area (Å²) in [7, 11) is 0. The lowest BCUT2D eigenvalue weighted by Gasteiger charge is -2.12. The molecule has 0 unspecified atom stereocenters. The average Bonchev–Trinajstić information content (AvgIpc) is 2.85. The van der Waals surface area contributed by atoms with Crippen LogP contribution in [-0.4, -0.2) is 15.5 Å². The van der Waals surface area contributed by atoms with Gasteiger partial charge in [-0.3, -0.25) is 10.1 Å². The second-order valence-electron chi connectivity index (χ2n) is 5.17. The number of rotatable bonds is 6. The molecule has 5 nitrogen and oxygen atoms in total. The summed E-state index contributed by atoms with van der Waals surface area (Å²) in [6.07, 6.45) is 1.84. The van der Waals surface area contributed by atoms with E-state index in [4.69, 9.17) is 0 Å². The zero-order valence-electron chi connectivity index (χ0n) is 12.0. The van der Waals surface area contributed by atoms with E-state index in [-0.39, 0.29) is 6.54 Å². The Balaban J connectivity index is 2.21. The molecule has 112 valence electrons. The number of aromatic nitrogens is 1. The summed E-state index contributed by atoms with van der Waals surface area (Å²) in [6.45, 7) is 5.04. The van der Waals surface area contributed by atoms with Gasteiger partial charge in [0.25, 0.3) is 0 Å². The minimum Gasteiger partial charge on any atom is -0.346 e. The van der Waals surface area contributed by atoms with Gasteiger partial charge in [-0.05, 0) is 12.1 Å². The van der Waals surface area contributed by atoms with Gasteiger partial charge in [-0.1, -0.05) is 26.0 Å². The van der Waals surface area contributed by atoms with Crippen LogP contribution >= 0.6 is 0 Å². The number of halogens is 1. The Morgan fingerprint density at radius 2 is 2.10 bits per heavy atom. The van der Waals surface area contributed by atoms with Crippen molar-refractivity contribution in [1.82, 2.24) is 9.88 Å². The molecule has 1 N–H and O–H groups in total. The Kier molecular flexibility index (Phi) is 4.70. The normalized spacial score (nSPS) is 11.0. The first-order chi connectivity index (χ1) is 9.99. The van der Waals surface area contributed by atoms with Crippen LogP contribution in [0.25, 0.3) is 0 Å². The predicted octanol–water partition coefficient (Wildman–Crippen LogP) is 3.08. The molecule has 1 aromatic heterocycles. The van der Waals surface area contributed by atoms with Crippen LogP contribution < -0.4 is 5.32 Å². The van der Waals surface area contributed by atoms with E-state index in [1.54, 1.807) is 6.07 Å². The average molecular weight is 291 g/mol. The Morgan fingerprint density at radius 1 is 1.33 bits per heavy atom. The first-order valence-corrected chi connectivity index (χ1v) is 6.78. The fraction of sp³-hybridized carbons (Fsp3) is 0.333. The fourth-order valence-corrected chi connectivity index (χ4v) is 2.09. The number of nitro groups is 1. The zero-order valence-corrected chi connectivity index (χ0v) is 12.0. The maximum absolute atomic E-state index is 14.1. The van der Waals surface area contributed by atoms with Gasteiger partial charge in [-0.25, -0.2) is 0 Å². The molecule has 1 aromatic carbocycles. The second-order valence-corrected chi connectivity index (χ2v) is 5.17. The van der Waals surface area contributed by atoms with Crippen LogP contribution in [0.3, 0.4) is 0 Å². The number of hydrogen-bond donors (Lipinski definition) is 1. The number of benzene rings is 1. The SMILES string of the molecule is CC(C)NCc1cccn1Cc1cccc([N+](=O)[O-])c1F. The van der Waals surface area contributed by atoms with Crippen LogP contribution in [0.2, 0.25) is 0 Å². The molecule has 0 spiro atoms. The van der Waals surface area contributed by atoms with Gasteiger partial charge in [0.05, 0.1) is 11.5 Å². The third-order valence-corrected chi connectivity index (χ3v) is 3.21. The lowest BCUT2D eigenvalue weighted by molar-refractivity contribution is -0.387. The largest absolute Gasteiger partial charge is 0.346 e. The van der Waals surface area contributed by atoms with Crippen molar-refractivity contribution < 1.29 is 9.31 Å². The van der Waals surface area contributed by atoms with Gasteiger partial charge in [0.2, 0.25) is 5.82 Å². The minimum absolute atomic E-state index is 0.273. The highest BCUT2D eigenvalue weighted by molar-refractivity contribution is 5.37. The second kappa shape index (κ2) is 6.49. The van der Waals surface area contributed by atoms with Crippen molar-refractivity contribution in [3.8, 4) is 0 Å². The molecule has 0 aliphatic heterocycles. The Hall–Kier alpha value is -2.21. The Labute approximate surface area is 122 Å². The van der Waals surface area contributed by atoms with Crippen molar-refractivity contribution in [3.05, 3.63) is 63.7 Å².